The summed E-state index contributed by atoms with van der Waals surface area (Å²) >= 11 is 0. The molecule has 0 aromatic heterocycles. The number of carbonyl (C=O) groups is 2. The van der Waals surface area contributed by atoms with Crippen molar-refractivity contribution in [1.82, 2.24) is 10.6 Å². The fourth-order valence-electron chi connectivity index (χ4n) is 3.62. The second-order valence-corrected chi connectivity index (χ2v) is 9.18. The number of benzene rings is 1. The zero-order chi connectivity index (χ0) is 22.0. The van der Waals surface area contributed by atoms with E-state index < -0.39 is 23.8 Å². The summed E-state index contributed by atoms with van der Waals surface area (Å²) in [6.45, 7) is 7.57. The molecule has 0 bridgehead atoms. The Bertz CT molecular complexity index is 649. The number of hydrogen-bond acceptors (Lipinski definition) is 4. The first-order chi connectivity index (χ1) is 14.2. The molecule has 0 unspecified atom stereocenters. The molecule has 2 amide bonds. The second kappa shape index (κ2) is 11.9. The van der Waals surface area contributed by atoms with Crippen molar-refractivity contribution < 1.29 is 19.1 Å². The summed E-state index contributed by atoms with van der Waals surface area (Å²) in [6, 6.07) is 9.09. The molecule has 2 N–H and O–H groups in total. The molecule has 2 rings (SSSR count). The van der Waals surface area contributed by atoms with E-state index in [1.54, 1.807) is 20.8 Å². The molecule has 6 heteroatoms. The SMILES string of the molecule is C[C@@H](OCc1ccccc1)[C@H](NC(=O)OC(C)(C)C)C(=O)NC1CCCCCCC1. The quantitative estimate of drug-likeness (QED) is 0.672. The van der Waals surface area contributed by atoms with Crippen molar-refractivity contribution in [3.8, 4) is 0 Å². The van der Waals surface area contributed by atoms with Gasteiger partial charge in [0.15, 0.2) is 0 Å². The molecule has 0 heterocycles. The zero-order valence-corrected chi connectivity index (χ0v) is 18.9. The minimum Gasteiger partial charge on any atom is -0.444 e. The Labute approximate surface area is 181 Å². The van der Waals surface area contributed by atoms with Crippen LogP contribution in [0.5, 0.6) is 0 Å². The summed E-state index contributed by atoms with van der Waals surface area (Å²) < 4.78 is 11.3. The zero-order valence-electron chi connectivity index (χ0n) is 18.9. The standard InChI is InChI=1S/C24H38N2O4/c1-18(29-17-19-13-9-8-10-14-19)21(26-23(28)30-24(2,3)4)22(27)25-20-15-11-6-5-7-12-16-20/h8-10,13-14,18,20-21H,5-7,11-12,15-17H2,1-4H3,(H,25,27)(H,26,28)/t18-,21+/m1/s1. The molecular weight excluding hydrogens is 380 g/mol. The van der Waals surface area contributed by atoms with Crippen molar-refractivity contribution >= 4 is 12.0 Å². The van der Waals surface area contributed by atoms with Crippen LogP contribution >= 0.6 is 0 Å². The van der Waals surface area contributed by atoms with Gasteiger partial charge in [-0.3, -0.25) is 4.79 Å². The number of ether oxygens (including phenoxy) is 2. The maximum absolute atomic E-state index is 13.1. The van der Waals surface area contributed by atoms with E-state index in [0.29, 0.717) is 6.61 Å². The van der Waals surface area contributed by atoms with Crippen molar-refractivity contribution in [2.45, 2.75) is 103 Å². The number of amides is 2. The minimum atomic E-state index is -0.825. The summed E-state index contributed by atoms with van der Waals surface area (Å²) in [5, 5.41) is 5.87. The molecule has 0 spiro atoms. The molecule has 6 nitrogen and oxygen atoms in total. The van der Waals surface area contributed by atoms with Crippen molar-refractivity contribution in [2.24, 2.45) is 0 Å². The Morgan fingerprint density at radius 2 is 1.63 bits per heavy atom. The molecule has 1 aromatic carbocycles. The summed E-state index contributed by atoms with van der Waals surface area (Å²) in [5.41, 5.74) is 0.375. The van der Waals surface area contributed by atoms with Gasteiger partial charge in [-0.2, -0.15) is 0 Å². The normalized spacial score (nSPS) is 17.9. The van der Waals surface area contributed by atoms with Gasteiger partial charge in [-0.1, -0.05) is 62.4 Å². The number of nitrogens with one attached hydrogen (secondary N) is 2. The lowest BCUT2D eigenvalue weighted by Crippen LogP contribution is -2.55. The van der Waals surface area contributed by atoms with E-state index in [9.17, 15) is 9.59 Å². The van der Waals surface area contributed by atoms with Gasteiger partial charge in [-0.15, -0.1) is 0 Å². The van der Waals surface area contributed by atoms with Gasteiger partial charge >= 0.3 is 6.09 Å². The highest BCUT2D eigenvalue weighted by molar-refractivity contribution is 5.86. The average molecular weight is 419 g/mol. The number of carbonyl (C=O) groups excluding carboxylic acids is 2. The third-order valence-corrected chi connectivity index (χ3v) is 5.23. The highest BCUT2D eigenvalue weighted by atomic mass is 16.6. The van der Waals surface area contributed by atoms with E-state index in [1.165, 1.54) is 19.3 Å². The van der Waals surface area contributed by atoms with Crippen LogP contribution in [-0.4, -0.2) is 35.8 Å². The van der Waals surface area contributed by atoms with Gasteiger partial charge in [-0.05, 0) is 46.1 Å². The fourth-order valence-corrected chi connectivity index (χ4v) is 3.62. The average Bonchev–Trinajstić information content (AvgIpc) is 2.65. The van der Waals surface area contributed by atoms with Crippen LogP contribution in [0, 0.1) is 0 Å². The van der Waals surface area contributed by atoms with Crippen molar-refractivity contribution in [2.75, 3.05) is 0 Å². The lowest BCUT2D eigenvalue weighted by molar-refractivity contribution is -0.128. The fraction of sp³-hybridized carbons (Fsp3) is 0.667. The van der Waals surface area contributed by atoms with Crippen molar-refractivity contribution in [1.29, 1.82) is 0 Å². The largest absolute Gasteiger partial charge is 0.444 e. The molecule has 0 radical (unpaired) electrons. The molecule has 2 atom stereocenters. The van der Waals surface area contributed by atoms with E-state index in [2.05, 4.69) is 10.6 Å². The van der Waals surface area contributed by atoms with E-state index in [1.807, 2.05) is 37.3 Å². The Morgan fingerprint density at radius 1 is 1.03 bits per heavy atom. The molecule has 168 valence electrons. The van der Waals surface area contributed by atoms with Crippen molar-refractivity contribution in [3.63, 3.8) is 0 Å². The third kappa shape index (κ3) is 9.16. The summed E-state index contributed by atoms with van der Waals surface area (Å²) in [4.78, 5) is 25.5. The van der Waals surface area contributed by atoms with Crippen LogP contribution in [0.2, 0.25) is 0 Å². The summed E-state index contributed by atoms with van der Waals surface area (Å²) in [5.74, 6) is -0.216. The molecule has 0 saturated heterocycles. The number of rotatable bonds is 7. The lowest BCUT2D eigenvalue weighted by Gasteiger charge is -2.29. The monoisotopic (exact) mass is 418 g/mol. The molecule has 0 aliphatic heterocycles. The van der Waals surface area contributed by atoms with Crippen LogP contribution in [-0.2, 0) is 20.9 Å². The highest BCUT2D eigenvalue weighted by Gasteiger charge is 2.31. The molecule has 1 saturated carbocycles. The summed E-state index contributed by atoms with van der Waals surface area (Å²) in [6.07, 6.45) is 6.76. The number of alkyl carbamates (subject to hydrolysis) is 1. The van der Waals surface area contributed by atoms with E-state index >= 15 is 0 Å². The highest BCUT2D eigenvalue weighted by Crippen LogP contribution is 2.18. The van der Waals surface area contributed by atoms with Gasteiger partial charge in [-0.25, -0.2) is 4.79 Å². The molecule has 1 aliphatic carbocycles. The van der Waals surface area contributed by atoms with Crippen LogP contribution in [0.25, 0.3) is 0 Å². The predicted molar refractivity (Wildman–Crippen MR) is 118 cm³/mol. The first-order valence-corrected chi connectivity index (χ1v) is 11.2. The van der Waals surface area contributed by atoms with Gasteiger partial charge in [0.05, 0.1) is 12.7 Å². The molecule has 30 heavy (non-hydrogen) atoms. The predicted octanol–water partition coefficient (Wildman–Crippen LogP) is 4.71. The number of hydrogen-bond donors (Lipinski definition) is 2. The first kappa shape index (κ1) is 24.2. The van der Waals surface area contributed by atoms with Gasteiger partial charge in [0, 0.05) is 6.04 Å². The van der Waals surface area contributed by atoms with E-state index in [-0.39, 0.29) is 11.9 Å². The van der Waals surface area contributed by atoms with Crippen LogP contribution in [0.15, 0.2) is 30.3 Å². The smallest absolute Gasteiger partial charge is 0.408 e. The van der Waals surface area contributed by atoms with E-state index in [4.69, 9.17) is 9.47 Å². The topological polar surface area (TPSA) is 76.7 Å². The van der Waals surface area contributed by atoms with Crippen LogP contribution in [0.3, 0.4) is 0 Å². The van der Waals surface area contributed by atoms with Crippen LogP contribution in [0.1, 0.15) is 78.2 Å². The third-order valence-electron chi connectivity index (χ3n) is 5.23. The molecular formula is C24H38N2O4. The van der Waals surface area contributed by atoms with Crippen LogP contribution < -0.4 is 10.6 Å². The van der Waals surface area contributed by atoms with Crippen LogP contribution in [0.4, 0.5) is 4.79 Å². The maximum atomic E-state index is 13.1. The Hall–Kier alpha value is -2.08. The summed E-state index contributed by atoms with van der Waals surface area (Å²) in [7, 11) is 0. The van der Waals surface area contributed by atoms with Gasteiger partial charge in [0.25, 0.3) is 0 Å². The second-order valence-electron chi connectivity index (χ2n) is 9.18. The van der Waals surface area contributed by atoms with Gasteiger partial charge < -0.3 is 20.1 Å². The molecule has 1 fully saturated rings. The lowest BCUT2D eigenvalue weighted by atomic mass is 9.96. The Morgan fingerprint density at radius 3 is 2.23 bits per heavy atom. The molecule has 1 aliphatic rings. The Balaban J connectivity index is 2.02. The van der Waals surface area contributed by atoms with Gasteiger partial charge in [0.1, 0.15) is 11.6 Å². The minimum absolute atomic E-state index is 0.141. The van der Waals surface area contributed by atoms with E-state index in [0.717, 1.165) is 31.2 Å². The van der Waals surface area contributed by atoms with Crippen molar-refractivity contribution in [3.05, 3.63) is 35.9 Å². The molecule has 1 aromatic rings. The first-order valence-electron chi connectivity index (χ1n) is 11.2. The maximum Gasteiger partial charge on any atom is 0.408 e. The van der Waals surface area contributed by atoms with Gasteiger partial charge in [0.2, 0.25) is 5.91 Å². The Kier molecular flexibility index (Phi) is 9.63.